The smallest absolute Gasteiger partial charge is 0.375 e. The van der Waals surface area contributed by atoms with Gasteiger partial charge in [-0.1, -0.05) is 18.2 Å². The Hall–Kier alpha value is -4.22. The minimum atomic E-state index is -4.52. The van der Waals surface area contributed by atoms with Crippen LogP contribution < -0.4 is 15.5 Å². The van der Waals surface area contributed by atoms with Crippen LogP contribution in [0.4, 0.5) is 24.5 Å². The number of alkyl halides is 3. The Kier molecular flexibility index (Phi) is 8.07. The van der Waals surface area contributed by atoms with Crippen molar-refractivity contribution < 1.29 is 22.7 Å². The van der Waals surface area contributed by atoms with Crippen molar-refractivity contribution in [2.24, 2.45) is 0 Å². The zero-order chi connectivity index (χ0) is 30.2. The number of methoxy groups -OCH3 is 1. The molecule has 1 fully saturated rings. The number of halogens is 3. The number of benzene rings is 2. The van der Waals surface area contributed by atoms with Gasteiger partial charge in [-0.05, 0) is 92.6 Å². The summed E-state index contributed by atoms with van der Waals surface area (Å²) in [7, 11) is 1.45. The summed E-state index contributed by atoms with van der Waals surface area (Å²) in [6, 6.07) is 17.9. The number of rotatable bonds is 7. The van der Waals surface area contributed by atoms with Crippen LogP contribution in [0, 0.1) is 20.8 Å². The molecule has 1 saturated heterocycles. The molecule has 0 saturated carbocycles. The standard InChI is InChI=1S/C31H30F3N5O2S/c1-18-15-21(12-13-24(18)36-27(40)17-41-4)39-29(28(37-30(39)42)25-10-7-8-14-35-25)22-16-19(2)38(20(22)3)26-11-6-5-9-23(26)31(32,33)34/h5-16,28-29H,17H2,1-4H3,(H,36,40)(H,37,42)/t28-,29-/m1/s1. The van der Waals surface area contributed by atoms with E-state index in [1.54, 1.807) is 29.8 Å². The van der Waals surface area contributed by atoms with Gasteiger partial charge in [0.25, 0.3) is 0 Å². The van der Waals surface area contributed by atoms with Gasteiger partial charge < -0.3 is 24.8 Å². The molecule has 1 amide bonds. The summed E-state index contributed by atoms with van der Waals surface area (Å²) in [5.74, 6) is -0.272. The van der Waals surface area contributed by atoms with Crippen LogP contribution in [-0.4, -0.2) is 34.3 Å². The summed E-state index contributed by atoms with van der Waals surface area (Å²) in [5, 5.41) is 6.69. The summed E-state index contributed by atoms with van der Waals surface area (Å²) < 4.78 is 48.6. The van der Waals surface area contributed by atoms with E-state index < -0.39 is 17.8 Å². The SMILES string of the molecule is COCC(=O)Nc1ccc(N2C(=S)N[C@H](c3ccccn3)[C@H]2c2cc(C)n(-c3ccccc3C(F)(F)F)c2C)cc1C. The molecule has 1 aliphatic rings. The van der Waals surface area contributed by atoms with Gasteiger partial charge in [0.15, 0.2) is 5.11 Å². The highest BCUT2D eigenvalue weighted by Gasteiger charge is 2.43. The van der Waals surface area contributed by atoms with Gasteiger partial charge in [0.1, 0.15) is 6.61 Å². The highest BCUT2D eigenvalue weighted by Crippen LogP contribution is 2.45. The molecule has 0 spiro atoms. The molecule has 0 aliphatic carbocycles. The van der Waals surface area contributed by atoms with Crippen molar-refractivity contribution in [2.45, 2.75) is 39.0 Å². The molecule has 11 heteroatoms. The van der Waals surface area contributed by atoms with Crippen molar-refractivity contribution in [3.63, 3.8) is 0 Å². The van der Waals surface area contributed by atoms with E-state index in [9.17, 15) is 18.0 Å². The zero-order valence-corrected chi connectivity index (χ0v) is 24.3. The lowest BCUT2D eigenvalue weighted by molar-refractivity contribution is -0.137. The lowest BCUT2D eigenvalue weighted by Gasteiger charge is -2.29. The second kappa shape index (κ2) is 11.6. The lowest BCUT2D eigenvalue weighted by Crippen LogP contribution is -2.29. The van der Waals surface area contributed by atoms with Gasteiger partial charge >= 0.3 is 6.18 Å². The fourth-order valence-electron chi connectivity index (χ4n) is 5.57. The first kappa shape index (κ1) is 29.3. The van der Waals surface area contributed by atoms with Gasteiger partial charge in [0, 0.05) is 36.1 Å². The van der Waals surface area contributed by atoms with Crippen molar-refractivity contribution in [3.8, 4) is 5.69 Å². The Bertz CT molecular complexity index is 1640. The van der Waals surface area contributed by atoms with Crippen molar-refractivity contribution >= 4 is 34.6 Å². The molecule has 1 aliphatic heterocycles. The number of ether oxygens (including phenoxy) is 1. The Morgan fingerprint density at radius 1 is 1.07 bits per heavy atom. The summed E-state index contributed by atoms with van der Waals surface area (Å²) >= 11 is 5.85. The molecule has 2 atom stereocenters. The third-order valence-electron chi connectivity index (χ3n) is 7.38. The second-order valence-electron chi connectivity index (χ2n) is 10.2. The molecule has 0 bridgehead atoms. The van der Waals surface area contributed by atoms with E-state index in [0.29, 0.717) is 22.2 Å². The molecule has 3 heterocycles. The number of nitrogens with one attached hydrogen (secondary N) is 2. The molecule has 4 aromatic rings. The third-order valence-corrected chi connectivity index (χ3v) is 7.69. The van der Waals surface area contributed by atoms with E-state index in [0.717, 1.165) is 28.6 Å². The number of hydrogen-bond acceptors (Lipinski definition) is 4. The molecular formula is C31H30F3N5O2S. The maximum atomic E-state index is 14.0. The van der Waals surface area contributed by atoms with Gasteiger partial charge in [-0.2, -0.15) is 13.2 Å². The number of pyridine rings is 1. The fourth-order valence-corrected chi connectivity index (χ4v) is 5.92. The van der Waals surface area contributed by atoms with Crippen LogP contribution in [0.2, 0.25) is 0 Å². The van der Waals surface area contributed by atoms with E-state index in [2.05, 4.69) is 15.6 Å². The largest absolute Gasteiger partial charge is 0.418 e. The number of aryl methyl sites for hydroxylation is 2. The molecule has 7 nitrogen and oxygen atoms in total. The number of anilines is 2. The summed E-state index contributed by atoms with van der Waals surface area (Å²) in [6.07, 6.45) is -2.82. The average Bonchev–Trinajstić information content (AvgIpc) is 3.44. The molecule has 2 aromatic heterocycles. The molecule has 5 rings (SSSR count). The van der Waals surface area contributed by atoms with E-state index in [-0.39, 0.29) is 24.2 Å². The molecular weight excluding hydrogens is 563 g/mol. The predicted octanol–water partition coefficient (Wildman–Crippen LogP) is 6.58. The van der Waals surface area contributed by atoms with E-state index in [1.807, 2.05) is 55.1 Å². The lowest BCUT2D eigenvalue weighted by atomic mass is 9.96. The molecule has 2 N–H and O–H groups in total. The van der Waals surface area contributed by atoms with Crippen LogP contribution in [0.3, 0.4) is 0 Å². The third kappa shape index (κ3) is 5.49. The number of thiocarbonyl (C=S) groups is 1. The zero-order valence-electron chi connectivity index (χ0n) is 23.5. The van der Waals surface area contributed by atoms with Crippen molar-refractivity contribution in [3.05, 3.63) is 107 Å². The minimum Gasteiger partial charge on any atom is -0.375 e. The maximum absolute atomic E-state index is 14.0. The van der Waals surface area contributed by atoms with Crippen LogP contribution in [0.5, 0.6) is 0 Å². The average molecular weight is 594 g/mol. The van der Waals surface area contributed by atoms with Gasteiger partial charge in [0.05, 0.1) is 29.0 Å². The van der Waals surface area contributed by atoms with Crippen molar-refractivity contribution in [2.75, 3.05) is 23.9 Å². The number of nitrogens with zero attached hydrogens (tertiary/aromatic N) is 3. The van der Waals surface area contributed by atoms with Crippen LogP contribution in [0.1, 0.15) is 45.9 Å². The normalized spacial score (nSPS) is 16.9. The number of aromatic nitrogens is 2. The van der Waals surface area contributed by atoms with Crippen LogP contribution in [0.15, 0.2) is 72.9 Å². The Morgan fingerprint density at radius 3 is 2.48 bits per heavy atom. The van der Waals surface area contributed by atoms with Crippen LogP contribution in [0.25, 0.3) is 5.69 Å². The molecule has 0 unspecified atom stereocenters. The fraction of sp³-hybridized carbons (Fsp3) is 0.258. The minimum absolute atomic E-state index is 0.0627. The Balaban J connectivity index is 1.64. The first-order chi connectivity index (χ1) is 20.0. The number of para-hydroxylation sites is 1. The van der Waals surface area contributed by atoms with Crippen molar-refractivity contribution in [1.82, 2.24) is 14.9 Å². The number of carbonyl (C=O) groups excluding carboxylic acids is 1. The first-order valence-electron chi connectivity index (χ1n) is 13.3. The monoisotopic (exact) mass is 593 g/mol. The molecule has 218 valence electrons. The maximum Gasteiger partial charge on any atom is 0.418 e. The van der Waals surface area contributed by atoms with Gasteiger partial charge in [-0.15, -0.1) is 0 Å². The Labute approximate surface area is 247 Å². The molecule has 0 radical (unpaired) electrons. The topological polar surface area (TPSA) is 71.4 Å². The number of amides is 1. The van der Waals surface area contributed by atoms with Crippen molar-refractivity contribution in [1.29, 1.82) is 0 Å². The quantitative estimate of drug-likeness (QED) is 0.236. The second-order valence-corrected chi connectivity index (χ2v) is 10.5. The van der Waals surface area contributed by atoms with Crippen LogP contribution >= 0.6 is 12.2 Å². The Morgan fingerprint density at radius 2 is 1.81 bits per heavy atom. The van der Waals surface area contributed by atoms with Gasteiger partial charge in [-0.3, -0.25) is 9.78 Å². The summed E-state index contributed by atoms with van der Waals surface area (Å²) in [4.78, 5) is 18.7. The number of hydrogen-bond donors (Lipinski definition) is 2. The van der Waals surface area contributed by atoms with Gasteiger partial charge in [-0.25, -0.2) is 0 Å². The highest BCUT2D eigenvalue weighted by molar-refractivity contribution is 7.80. The molecule has 42 heavy (non-hydrogen) atoms. The summed E-state index contributed by atoms with van der Waals surface area (Å²) in [5.41, 5.74) is 4.43. The molecule has 2 aromatic carbocycles. The van der Waals surface area contributed by atoms with E-state index >= 15 is 0 Å². The highest BCUT2D eigenvalue weighted by atomic mass is 32.1. The number of carbonyl (C=O) groups is 1. The summed E-state index contributed by atoms with van der Waals surface area (Å²) in [6.45, 7) is 5.43. The van der Waals surface area contributed by atoms with Crippen LogP contribution in [-0.2, 0) is 15.7 Å². The van der Waals surface area contributed by atoms with E-state index in [4.69, 9.17) is 17.0 Å². The first-order valence-corrected chi connectivity index (χ1v) is 13.7. The van der Waals surface area contributed by atoms with Gasteiger partial charge in [0.2, 0.25) is 5.91 Å². The van der Waals surface area contributed by atoms with E-state index in [1.165, 1.54) is 19.2 Å². The predicted molar refractivity (Wildman–Crippen MR) is 160 cm³/mol.